The molecule has 0 spiro atoms. The van der Waals surface area contributed by atoms with Crippen molar-refractivity contribution in [2.45, 2.75) is 12.5 Å². The molecule has 0 bridgehead atoms. The van der Waals surface area contributed by atoms with Gasteiger partial charge < -0.3 is 10.8 Å². The molecule has 1 atom stereocenters. The van der Waals surface area contributed by atoms with Crippen LogP contribution in [0.25, 0.3) is 0 Å². The Morgan fingerprint density at radius 2 is 2.15 bits per heavy atom. The molecular formula is C9H13ClFNO. The van der Waals surface area contributed by atoms with Crippen LogP contribution in [0.5, 0.6) is 5.75 Å². The molecule has 0 radical (unpaired) electrons. The van der Waals surface area contributed by atoms with E-state index in [1.165, 1.54) is 0 Å². The van der Waals surface area contributed by atoms with E-state index in [1.807, 2.05) is 0 Å². The van der Waals surface area contributed by atoms with Gasteiger partial charge in [0.1, 0.15) is 5.75 Å². The maximum atomic E-state index is 11.9. The molecule has 0 aromatic heterocycles. The highest BCUT2D eigenvalue weighted by atomic mass is 35.5. The molecule has 0 saturated heterocycles. The number of nitrogens with two attached hydrogens (primary N) is 1. The normalized spacial score (nSPS) is 11.8. The first kappa shape index (κ1) is 12.2. The first-order chi connectivity index (χ1) is 5.74. The maximum absolute atomic E-state index is 11.9. The largest absolute Gasteiger partial charge is 0.508 e. The zero-order valence-electron chi connectivity index (χ0n) is 7.11. The summed E-state index contributed by atoms with van der Waals surface area (Å²) in [4.78, 5) is 0. The van der Waals surface area contributed by atoms with Crippen molar-refractivity contribution in [3.8, 4) is 5.75 Å². The Morgan fingerprint density at radius 3 is 2.69 bits per heavy atom. The molecule has 1 aromatic rings. The average Bonchev–Trinajstić information content (AvgIpc) is 2.05. The van der Waals surface area contributed by atoms with Gasteiger partial charge in [-0.1, -0.05) is 12.1 Å². The van der Waals surface area contributed by atoms with Crippen LogP contribution in [0.3, 0.4) is 0 Å². The minimum absolute atomic E-state index is 0. The Hall–Kier alpha value is -0.800. The van der Waals surface area contributed by atoms with Crippen LogP contribution in [0.15, 0.2) is 24.3 Å². The number of alkyl halides is 1. The fraction of sp³-hybridized carbons (Fsp3) is 0.333. The molecule has 3 N–H and O–H groups in total. The summed E-state index contributed by atoms with van der Waals surface area (Å²) < 4.78 is 11.9. The van der Waals surface area contributed by atoms with Gasteiger partial charge in [-0.2, -0.15) is 0 Å². The maximum Gasteiger partial charge on any atom is 0.115 e. The van der Waals surface area contributed by atoms with E-state index < -0.39 is 6.67 Å². The second-order valence-electron chi connectivity index (χ2n) is 2.68. The van der Waals surface area contributed by atoms with Gasteiger partial charge in [0, 0.05) is 6.04 Å². The summed E-state index contributed by atoms with van der Waals surface area (Å²) in [5.74, 6) is 0.168. The van der Waals surface area contributed by atoms with Crippen molar-refractivity contribution >= 4 is 12.4 Å². The first-order valence-corrected chi connectivity index (χ1v) is 3.84. The number of phenolic OH excluding ortho intramolecular Hbond substituents is 1. The van der Waals surface area contributed by atoms with E-state index in [4.69, 9.17) is 10.8 Å². The predicted octanol–water partition coefficient (Wildman–Crippen LogP) is 2.17. The fourth-order valence-electron chi connectivity index (χ4n) is 1.04. The highest BCUT2D eigenvalue weighted by molar-refractivity contribution is 5.85. The van der Waals surface area contributed by atoms with Crippen LogP contribution in [0.1, 0.15) is 18.0 Å². The Morgan fingerprint density at radius 1 is 1.46 bits per heavy atom. The summed E-state index contributed by atoms with van der Waals surface area (Å²) in [6, 6.07) is 6.27. The van der Waals surface area contributed by atoms with Crippen LogP contribution in [-0.2, 0) is 0 Å². The molecule has 74 valence electrons. The standard InChI is InChI=1S/C9H12FNO.ClH/c10-5-4-9(11)7-2-1-3-8(12)6-7;/h1-3,6,9,12H,4-5,11H2;1H/t9-;/m1./s1. The highest BCUT2D eigenvalue weighted by Crippen LogP contribution is 2.18. The lowest BCUT2D eigenvalue weighted by Gasteiger charge is -2.09. The number of hydrogen-bond donors (Lipinski definition) is 2. The minimum Gasteiger partial charge on any atom is -0.508 e. The van der Waals surface area contributed by atoms with Crippen LogP contribution in [0.2, 0.25) is 0 Å². The van der Waals surface area contributed by atoms with E-state index in [0.29, 0.717) is 6.42 Å². The third-order valence-corrected chi connectivity index (χ3v) is 1.72. The quantitative estimate of drug-likeness (QED) is 0.795. The molecule has 0 unspecified atom stereocenters. The lowest BCUT2D eigenvalue weighted by atomic mass is 10.1. The van der Waals surface area contributed by atoms with Gasteiger partial charge in [0.15, 0.2) is 0 Å². The monoisotopic (exact) mass is 205 g/mol. The molecular weight excluding hydrogens is 193 g/mol. The van der Waals surface area contributed by atoms with Gasteiger partial charge in [-0.3, -0.25) is 4.39 Å². The highest BCUT2D eigenvalue weighted by Gasteiger charge is 2.05. The van der Waals surface area contributed by atoms with Gasteiger partial charge in [-0.25, -0.2) is 0 Å². The molecule has 0 fully saturated rings. The SMILES string of the molecule is Cl.N[C@H](CCF)c1cccc(O)c1. The van der Waals surface area contributed by atoms with Crippen LogP contribution in [0.4, 0.5) is 4.39 Å². The third-order valence-electron chi connectivity index (χ3n) is 1.72. The van der Waals surface area contributed by atoms with Crippen LogP contribution < -0.4 is 5.73 Å². The zero-order valence-corrected chi connectivity index (χ0v) is 7.93. The lowest BCUT2D eigenvalue weighted by molar-refractivity contribution is 0.439. The van der Waals surface area contributed by atoms with Gasteiger partial charge in [0.25, 0.3) is 0 Å². The molecule has 4 heteroatoms. The van der Waals surface area contributed by atoms with Gasteiger partial charge in [0.05, 0.1) is 6.67 Å². The predicted molar refractivity (Wildman–Crippen MR) is 52.9 cm³/mol. The molecule has 0 aliphatic heterocycles. The summed E-state index contributed by atoms with van der Waals surface area (Å²) in [7, 11) is 0. The average molecular weight is 206 g/mol. The fourth-order valence-corrected chi connectivity index (χ4v) is 1.04. The van der Waals surface area contributed by atoms with Gasteiger partial charge in [0.2, 0.25) is 0 Å². The summed E-state index contributed by atoms with van der Waals surface area (Å²) >= 11 is 0. The third kappa shape index (κ3) is 3.61. The van der Waals surface area contributed by atoms with E-state index in [0.717, 1.165) is 5.56 Å². The van der Waals surface area contributed by atoms with Crippen molar-refractivity contribution in [2.75, 3.05) is 6.67 Å². The lowest BCUT2D eigenvalue weighted by Crippen LogP contribution is -2.10. The Balaban J connectivity index is 0.00000144. The second-order valence-corrected chi connectivity index (χ2v) is 2.68. The first-order valence-electron chi connectivity index (χ1n) is 3.84. The zero-order chi connectivity index (χ0) is 8.97. The minimum atomic E-state index is -0.434. The summed E-state index contributed by atoms with van der Waals surface area (Å²) in [6.45, 7) is -0.434. The van der Waals surface area contributed by atoms with Gasteiger partial charge >= 0.3 is 0 Å². The molecule has 1 rings (SSSR count). The van der Waals surface area contributed by atoms with Crippen molar-refractivity contribution in [3.63, 3.8) is 0 Å². The number of halogens is 2. The van der Waals surface area contributed by atoms with E-state index in [9.17, 15) is 4.39 Å². The van der Waals surface area contributed by atoms with E-state index in [2.05, 4.69) is 0 Å². The summed E-state index contributed by atoms with van der Waals surface area (Å²) in [6.07, 6.45) is 0.295. The van der Waals surface area contributed by atoms with Crippen molar-refractivity contribution < 1.29 is 9.50 Å². The molecule has 0 saturated carbocycles. The van der Waals surface area contributed by atoms with Gasteiger partial charge in [-0.15, -0.1) is 12.4 Å². The summed E-state index contributed by atoms with van der Waals surface area (Å²) in [5, 5.41) is 9.08. The van der Waals surface area contributed by atoms with Crippen molar-refractivity contribution in [3.05, 3.63) is 29.8 Å². The number of rotatable bonds is 3. The molecule has 0 aliphatic carbocycles. The Kier molecular flexibility index (Phi) is 5.42. The molecule has 0 aliphatic rings. The molecule has 0 amide bonds. The van der Waals surface area contributed by atoms with Crippen molar-refractivity contribution in [2.24, 2.45) is 5.73 Å². The Bertz CT molecular complexity index is 257. The van der Waals surface area contributed by atoms with Crippen LogP contribution >= 0.6 is 12.4 Å². The second kappa shape index (κ2) is 5.78. The van der Waals surface area contributed by atoms with E-state index in [-0.39, 0.29) is 24.2 Å². The number of phenols is 1. The van der Waals surface area contributed by atoms with E-state index >= 15 is 0 Å². The van der Waals surface area contributed by atoms with Crippen molar-refractivity contribution in [1.29, 1.82) is 0 Å². The molecule has 13 heavy (non-hydrogen) atoms. The summed E-state index contributed by atoms with van der Waals surface area (Å²) in [5.41, 5.74) is 6.39. The number of hydrogen-bond acceptors (Lipinski definition) is 2. The van der Waals surface area contributed by atoms with E-state index in [1.54, 1.807) is 24.3 Å². The molecule has 2 nitrogen and oxygen atoms in total. The smallest absolute Gasteiger partial charge is 0.115 e. The molecule has 0 heterocycles. The molecule has 1 aromatic carbocycles. The number of benzene rings is 1. The van der Waals surface area contributed by atoms with Crippen LogP contribution in [0, 0.1) is 0 Å². The van der Waals surface area contributed by atoms with Crippen LogP contribution in [-0.4, -0.2) is 11.8 Å². The van der Waals surface area contributed by atoms with Gasteiger partial charge in [-0.05, 0) is 24.1 Å². The van der Waals surface area contributed by atoms with Crippen molar-refractivity contribution in [1.82, 2.24) is 0 Å². The topological polar surface area (TPSA) is 46.2 Å². The number of aromatic hydroxyl groups is 1. The Labute approximate surface area is 83.0 Å².